The number of carbonyl (C=O) groups is 2. The number of halogens is 5. The first kappa shape index (κ1) is 29.1. The largest absolute Gasteiger partial charge is 0.573 e. The molecular weight excluding hydrogens is 556 g/mol. The van der Waals surface area contributed by atoms with Gasteiger partial charge in [0.25, 0.3) is 5.91 Å². The third-order valence-electron chi connectivity index (χ3n) is 7.14. The van der Waals surface area contributed by atoms with Crippen LogP contribution in [-0.2, 0) is 23.0 Å². The number of hydrogen-bond donors (Lipinski definition) is 0. The summed E-state index contributed by atoms with van der Waals surface area (Å²) in [5.74, 6) is -1.13. The van der Waals surface area contributed by atoms with Crippen molar-refractivity contribution in [3.63, 3.8) is 0 Å². The summed E-state index contributed by atoms with van der Waals surface area (Å²) in [4.78, 5) is 27.4. The van der Waals surface area contributed by atoms with Crippen molar-refractivity contribution in [2.45, 2.75) is 40.0 Å². The van der Waals surface area contributed by atoms with Crippen molar-refractivity contribution in [1.29, 1.82) is 0 Å². The molecule has 11 heteroatoms. The van der Waals surface area contributed by atoms with Crippen molar-refractivity contribution in [3.05, 3.63) is 62.8 Å². The maximum Gasteiger partial charge on any atom is 0.573 e. The summed E-state index contributed by atoms with van der Waals surface area (Å²) in [6.45, 7) is 6.49. The Balaban J connectivity index is 1.62. The molecule has 1 saturated heterocycles. The van der Waals surface area contributed by atoms with Crippen LogP contribution in [0.3, 0.4) is 0 Å². The van der Waals surface area contributed by atoms with Crippen molar-refractivity contribution < 1.29 is 32.2 Å². The van der Waals surface area contributed by atoms with Gasteiger partial charge in [0.1, 0.15) is 5.75 Å². The van der Waals surface area contributed by atoms with E-state index >= 15 is 0 Å². The van der Waals surface area contributed by atoms with Crippen LogP contribution in [-0.4, -0.2) is 47.4 Å². The Morgan fingerprint density at radius 3 is 2.54 bits per heavy atom. The summed E-state index contributed by atoms with van der Waals surface area (Å²) in [5, 5.41) is 1.35. The Morgan fingerprint density at radius 2 is 1.90 bits per heavy atom. The molecule has 1 aliphatic heterocycles. The van der Waals surface area contributed by atoms with Crippen LogP contribution in [0.15, 0.2) is 30.5 Å². The highest BCUT2D eigenvalue weighted by Gasteiger charge is 2.35. The SMILES string of the molecule is CCOC(=O)[C@@H]1CCN(C(=O)c2ccc(Cl)c(Cc3cn(C)c4cc(OC(F)(F)F)cc(C)c34)c2Cl)C[C@@H]1C. The predicted molar refractivity (Wildman–Crippen MR) is 143 cm³/mol. The highest BCUT2D eigenvalue weighted by Crippen LogP contribution is 2.37. The van der Waals surface area contributed by atoms with Gasteiger partial charge in [0.05, 0.1) is 28.6 Å². The summed E-state index contributed by atoms with van der Waals surface area (Å²) >= 11 is 13.3. The molecule has 1 aliphatic rings. The predicted octanol–water partition coefficient (Wildman–Crippen LogP) is 6.94. The number of ether oxygens (including phenoxy) is 2. The van der Waals surface area contributed by atoms with Gasteiger partial charge in [-0.05, 0) is 61.1 Å². The van der Waals surface area contributed by atoms with Crippen molar-refractivity contribution >= 4 is 46.0 Å². The number of hydrogen-bond acceptors (Lipinski definition) is 4. The number of benzene rings is 2. The molecule has 2 atom stereocenters. The number of nitrogens with zero attached hydrogens (tertiary/aromatic N) is 2. The Morgan fingerprint density at radius 1 is 1.18 bits per heavy atom. The lowest BCUT2D eigenvalue weighted by atomic mass is 9.86. The number of alkyl halides is 3. The minimum Gasteiger partial charge on any atom is -0.466 e. The zero-order valence-electron chi connectivity index (χ0n) is 22.0. The standard InChI is InChI=1S/C28H29Cl2F3N2O4/c1-5-38-27(37)19-8-9-35(13-16(19)3)26(36)20-6-7-22(29)21(25(20)30)11-17-14-34(4)23-12-18(39-28(31,32)33)10-15(2)24(17)23/h6-7,10,12,14,16,19H,5,8-9,11,13H2,1-4H3/t16-,19+/m0/s1. The molecule has 2 aromatic carbocycles. The molecular formula is C28H29Cl2F3N2O4. The molecule has 2 heterocycles. The van der Waals surface area contributed by atoms with Crippen molar-refractivity contribution in [2.75, 3.05) is 19.7 Å². The summed E-state index contributed by atoms with van der Waals surface area (Å²) in [6, 6.07) is 5.89. The van der Waals surface area contributed by atoms with Gasteiger partial charge in [0.15, 0.2) is 0 Å². The Hall–Kier alpha value is -2.91. The fraction of sp³-hybridized carbons (Fsp3) is 0.429. The number of aryl methyl sites for hydroxylation is 2. The molecule has 0 unspecified atom stereocenters. The Kier molecular flexibility index (Phi) is 8.42. The molecule has 0 spiro atoms. The van der Waals surface area contributed by atoms with Crippen molar-refractivity contribution in [1.82, 2.24) is 9.47 Å². The van der Waals surface area contributed by atoms with E-state index in [1.807, 2.05) is 6.92 Å². The second-order valence-corrected chi connectivity index (χ2v) is 10.7. The highest BCUT2D eigenvalue weighted by atomic mass is 35.5. The molecule has 0 bridgehead atoms. The lowest BCUT2D eigenvalue weighted by Crippen LogP contribution is -2.45. The Labute approximate surface area is 234 Å². The van der Waals surface area contributed by atoms with Crippen LogP contribution in [0.1, 0.15) is 47.3 Å². The van der Waals surface area contributed by atoms with E-state index < -0.39 is 6.36 Å². The summed E-state index contributed by atoms with van der Waals surface area (Å²) in [5.41, 5.74) is 2.79. The van der Waals surface area contributed by atoms with Crippen LogP contribution < -0.4 is 4.74 Å². The number of likely N-dealkylation sites (tertiary alicyclic amines) is 1. The number of amides is 1. The van der Waals surface area contributed by atoms with Gasteiger partial charge < -0.3 is 18.9 Å². The van der Waals surface area contributed by atoms with Gasteiger partial charge >= 0.3 is 12.3 Å². The number of piperidine rings is 1. The van der Waals surface area contributed by atoms with Crippen molar-refractivity contribution in [3.8, 4) is 5.75 Å². The number of fused-ring (bicyclic) bond motifs is 1. The first-order chi connectivity index (χ1) is 18.3. The number of aromatic nitrogens is 1. The van der Waals surface area contributed by atoms with Crippen molar-refractivity contribution in [2.24, 2.45) is 18.9 Å². The maximum atomic E-state index is 13.5. The number of rotatable bonds is 6. The Bertz CT molecular complexity index is 1420. The normalized spacial score (nSPS) is 17.9. The summed E-state index contributed by atoms with van der Waals surface area (Å²) in [7, 11) is 1.73. The van der Waals surface area contributed by atoms with Gasteiger partial charge in [-0.1, -0.05) is 30.1 Å². The van der Waals surface area contributed by atoms with Crippen LogP contribution in [0.4, 0.5) is 13.2 Å². The first-order valence-corrected chi connectivity index (χ1v) is 13.3. The van der Waals surface area contributed by atoms with Crippen LogP contribution in [0.25, 0.3) is 10.9 Å². The average molecular weight is 585 g/mol. The van der Waals surface area contributed by atoms with Gasteiger partial charge in [-0.15, -0.1) is 13.2 Å². The second-order valence-electron chi connectivity index (χ2n) is 9.89. The van der Waals surface area contributed by atoms with Crippen LogP contribution >= 0.6 is 23.2 Å². The average Bonchev–Trinajstić information content (AvgIpc) is 3.15. The zero-order valence-corrected chi connectivity index (χ0v) is 23.5. The lowest BCUT2D eigenvalue weighted by molar-refractivity contribution is -0.274. The van der Waals surface area contributed by atoms with Gasteiger partial charge in [-0.3, -0.25) is 9.59 Å². The molecule has 0 N–H and O–H groups in total. The van der Waals surface area contributed by atoms with Gasteiger partial charge in [-0.2, -0.15) is 0 Å². The minimum absolute atomic E-state index is 0.0721. The third kappa shape index (κ3) is 6.14. The number of esters is 1. The zero-order chi connectivity index (χ0) is 28.6. The van der Waals surface area contributed by atoms with E-state index in [0.717, 1.165) is 10.9 Å². The van der Waals surface area contributed by atoms with E-state index in [1.165, 1.54) is 12.1 Å². The first-order valence-electron chi connectivity index (χ1n) is 12.6. The van der Waals surface area contributed by atoms with E-state index in [2.05, 4.69) is 4.74 Å². The molecule has 39 heavy (non-hydrogen) atoms. The molecule has 6 nitrogen and oxygen atoms in total. The molecule has 0 radical (unpaired) electrons. The second kappa shape index (κ2) is 11.3. The quantitative estimate of drug-likeness (QED) is 0.294. The van der Waals surface area contributed by atoms with Gasteiger partial charge in [0.2, 0.25) is 0 Å². The van der Waals surface area contributed by atoms with E-state index in [-0.39, 0.29) is 40.9 Å². The maximum absolute atomic E-state index is 13.5. The van der Waals surface area contributed by atoms with Crippen LogP contribution in [0, 0.1) is 18.8 Å². The van der Waals surface area contributed by atoms with E-state index in [1.54, 1.807) is 48.7 Å². The van der Waals surface area contributed by atoms with Gasteiger partial charge in [0, 0.05) is 49.2 Å². The molecule has 1 aromatic heterocycles. The van der Waals surface area contributed by atoms with E-state index in [9.17, 15) is 22.8 Å². The third-order valence-corrected chi connectivity index (χ3v) is 7.92. The molecule has 3 aromatic rings. The molecule has 1 fully saturated rings. The fourth-order valence-electron chi connectivity index (χ4n) is 5.34. The molecule has 4 rings (SSSR count). The summed E-state index contributed by atoms with van der Waals surface area (Å²) < 4.78 is 49.4. The summed E-state index contributed by atoms with van der Waals surface area (Å²) in [6.07, 6.45) is -2.23. The fourth-order valence-corrected chi connectivity index (χ4v) is 5.93. The molecule has 1 amide bonds. The minimum atomic E-state index is -4.80. The van der Waals surface area contributed by atoms with Gasteiger partial charge in [-0.25, -0.2) is 0 Å². The molecule has 0 aliphatic carbocycles. The van der Waals surface area contributed by atoms with Crippen LogP contribution in [0.5, 0.6) is 5.75 Å². The molecule has 210 valence electrons. The topological polar surface area (TPSA) is 60.8 Å². The highest BCUT2D eigenvalue weighted by molar-refractivity contribution is 6.38. The number of carbonyl (C=O) groups excluding carboxylic acids is 2. The monoisotopic (exact) mass is 584 g/mol. The van der Waals surface area contributed by atoms with E-state index in [0.29, 0.717) is 53.3 Å². The smallest absolute Gasteiger partial charge is 0.466 e. The lowest BCUT2D eigenvalue weighted by Gasteiger charge is -2.36. The van der Waals surface area contributed by atoms with Crippen LogP contribution in [0.2, 0.25) is 10.0 Å². The van der Waals surface area contributed by atoms with E-state index in [4.69, 9.17) is 27.9 Å². The molecule has 0 saturated carbocycles.